The first-order valence-electron chi connectivity index (χ1n) is 12.4. The summed E-state index contributed by atoms with van der Waals surface area (Å²) in [5.41, 5.74) is 2.44. The van der Waals surface area contributed by atoms with Crippen LogP contribution in [0.3, 0.4) is 0 Å². The van der Waals surface area contributed by atoms with E-state index in [0.29, 0.717) is 12.1 Å². The average Bonchev–Trinajstić information content (AvgIpc) is 3.55. The maximum Gasteiger partial charge on any atom is 0.573 e. The summed E-state index contributed by atoms with van der Waals surface area (Å²) >= 11 is 0. The Morgan fingerprint density at radius 2 is 1.76 bits per heavy atom. The minimum absolute atomic E-state index is 0.0472. The Morgan fingerprint density at radius 3 is 2.54 bits per heavy atom. The minimum Gasteiger partial charge on any atom is -0.406 e. The van der Waals surface area contributed by atoms with Gasteiger partial charge in [0.15, 0.2) is 11.5 Å². The van der Waals surface area contributed by atoms with Gasteiger partial charge in [0.2, 0.25) is 5.91 Å². The smallest absolute Gasteiger partial charge is 0.406 e. The number of anilines is 1. The van der Waals surface area contributed by atoms with Crippen LogP contribution in [0.2, 0.25) is 0 Å². The van der Waals surface area contributed by atoms with Crippen LogP contribution in [0.15, 0.2) is 60.9 Å². The Balaban J connectivity index is 1.20. The van der Waals surface area contributed by atoms with Crippen molar-refractivity contribution in [3.05, 3.63) is 83.3 Å². The maximum absolute atomic E-state index is 14.6. The van der Waals surface area contributed by atoms with Crippen LogP contribution >= 0.6 is 0 Å². The fraction of sp³-hybridized carbons (Fsp3) is 0.308. The standard InChI is InChI=1S/C26H26F4N8O3/c1-17-4-2-6-19(10-17)13-31-25(40)22-15-37(35-33-22)9-8-20(27)14-38-16-23(34-36-38)32-24(39)12-18-5-3-7-21(11-18)41-26(28,29)30/h2-7,10-11,15-16,20H,8-9,12-14H2,1H3,(H,31,40)(H,32,39). The van der Waals surface area contributed by atoms with Crippen LogP contribution in [0.5, 0.6) is 5.75 Å². The lowest BCUT2D eigenvalue weighted by atomic mass is 10.1. The molecule has 15 heteroatoms. The fourth-order valence-corrected chi connectivity index (χ4v) is 3.84. The van der Waals surface area contributed by atoms with Crippen LogP contribution in [0, 0.1) is 6.92 Å². The molecule has 1 unspecified atom stereocenters. The third-order valence-corrected chi connectivity index (χ3v) is 5.67. The highest BCUT2D eigenvalue weighted by Gasteiger charge is 2.31. The first-order valence-corrected chi connectivity index (χ1v) is 12.4. The third-order valence-electron chi connectivity index (χ3n) is 5.67. The Morgan fingerprint density at radius 1 is 1.00 bits per heavy atom. The number of carbonyl (C=O) groups excluding carboxylic acids is 2. The summed E-state index contributed by atoms with van der Waals surface area (Å²) in [7, 11) is 0. The quantitative estimate of drug-likeness (QED) is 0.247. The molecule has 2 heterocycles. The summed E-state index contributed by atoms with van der Waals surface area (Å²) < 4.78 is 58.2. The Labute approximate surface area is 231 Å². The van der Waals surface area contributed by atoms with Crippen molar-refractivity contribution < 1.29 is 31.9 Å². The first-order chi connectivity index (χ1) is 19.5. The van der Waals surface area contributed by atoms with Crippen molar-refractivity contribution in [2.24, 2.45) is 0 Å². The number of hydrogen-bond acceptors (Lipinski definition) is 7. The van der Waals surface area contributed by atoms with Crippen LogP contribution in [0.1, 0.15) is 33.6 Å². The van der Waals surface area contributed by atoms with E-state index in [0.717, 1.165) is 23.3 Å². The van der Waals surface area contributed by atoms with Crippen molar-refractivity contribution in [3.63, 3.8) is 0 Å². The van der Waals surface area contributed by atoms with E-state index in [1.165, 1.54) is 33.9 Å². The monoisotopic (exact) mass is 574 g/mol. The normalized spacial score (nSPS) is 12.1. The highest BCUT2D eigenvalue weighted by Crippen LogP contribution is 2.23. The van der Waals surface area contributed by atoms with E-state index >= 15 is 0 Å². The summed E-state index contributed by atoms with van der Waals surface area (Å²) in [4.78, 5) is 24.6. The number of rotatable bonds is 12. The van der Waals surface area contributed by atoms with Crippen LogP contribution in [0.25, 0.3) is 0 Å². The summed E-state index contributed by atoms with van der Waals surface area (Å²) in [6, 6.07) is 12.8. The number of alkyl halides is 4. The zero-order valence-electron chi connectivity index (χ0n) is 21.8. The van der Waals surface area contributed by atoms with Gasteiger partial charge < -0.3 is 15.4 Å². The van der Waals surface area contributed by atoms with Crippen LogP contribution in [0.4, 0.5) is 23.4 Å². The predicted octanol–water partition coefficient (Wildman–Crippen LogP) is 3.62. The van der Waals surface area contributed by atoms with Gasteiger partial charge in [-0.05, 0) is 30.2 Å². The lowest BCUT2D eigenvalue weighted by Crippen LogP contribution is -2.23. The number of carbonyl (C=O) groups is 2. The summed E-state index contributed by atoms with van der Waals surface area (Å²) in [5.74, 6) is -1.33. The van der Waals surface area contributed by atoms with Gasteiger partial charge in [-0.2, -0.15) is 0 Å². The van der Waals surface area contributed by atoms with Gasteiger partial charge in [0, 0.05) is 19.5 Å². The number of halogens is 4. The maximum atomic E-state index is 14.6. The van der Waals surface area contributed by atoms with Gasteiger partial charge in [0.25, 0.3) is 5.91 Å². The Kier molecular flexibility index (Phi) is 9.26. The van der Waals surface area contributed by atoms with Crippen LogP contribution < -0.4 is 15.4 Å². The number of benzene rings is 2. The van der Waals surface area contributed by atoms with Crippen molar-refractivity contribution in [1.82, 2.24) is 35.3 Å². The molecule has 0 saturated heterocycles. The molecule has 0 aliphatic carbocycles. The van der Waals surface area contributed by atoms with Crippen molar-refractivity contribution >= 4 is 17.6 Å². The van der Waals surface area contributed by atoms with Gasteiger partial charge in [-0.15, -0.1) is 23.4 Å². The lowest BCUT2D eigenvalue weighted by molar-refractivity contribution is -0.274. The second-order valence-corrected chi connectivity index (χ2v) is 9.17. The van der Waals surface area contributed by atoms with Gasteiger partial charge in [-0.25, -0.2) is 9.07 Å². The molecule has 0 fully saturated rings. The second-order valence-electron chi connectivity index (χ2n) is 9.17. The van der Waals surface area contributed by atoms with Crippen molar-refractivity contribution in [2.45, 2.75) is 51.9 Å². The molecule has 0 spiro atoms. The fourth-order valence-electron chi connectivity index (χ4n) is 3.84. The molecular formula is C26H26F4N8O3. The molecule has 0 bridgehead atoms. The summed E-state index contributed by atoms with van der Waals surface area (Å²) in [6.07, 6.45) is -3.61. The first kappa shape index (κ1) is 29.2. The average molecular weight is 575 g/mol. The molecule has 4 rings (SSSR count). The summed E-state index contributed by atoms with van der Waals surface area (Å²) in [6.45, 7) is 2.31. The molecule has 2 aromatic heterocycles. The Bertz CT molecular complexity index is 1490. The van der Waals surface area contributed by atoms with Crippen molar-refractivity contribution in [3.8, 4) is 5.75 Å². The molecule has 2 amide bonds. The largest absolute Gasteiger partial charge is 0.573 e. The van der Waals surface area contributed by atoms with E-state index < -0.39 is 30.1 Å². The number of nitrogens with zero attached hydrogens (tertiary/aromatic N) is 6. The van der Waals surface area contributed by atoms with E-state index in [-0.39, 0.29) is 37.4 Å². The second kappa shape index (κ2) is 13.0. The zero-order chi connectivity index (χ0) is 29.4. The van der Waals surface area contributed by atoms with E-state index in [4.69, 9.17) is 0 Å². The van der Waals surface area contributed by atoms with Crippen molar-refractivity contribution in [1.29, 1.82) is 0 Å². The molecule has 11 nitrogen and oxygen atoms in total. The SMILES string of the molecule is Cc1cccc(CNC(=O)c2cn(CCC(F)Cn3cc(NC(=O)Cc4cccc(OC(F)(F)F)c4)nn3)nn2)c1. The molecule has 0 aliphatic heterocycles. The zero-order valence-corrected chi connectivity index (χ0v) is 21.8. The molecule has 2 N–H and O–H groups in total. The van der Waals surface area contributed by atoms with E-state index in [1.54, 1.807) is 0 Å². The molecule has 0 saturated carbocycles. The van der Waals surface area contributed by atoms with Crippen LogP contribution in [-0.4, -0.2) is 54.3 Å². The molecule has 41 heavy (non-hydrogen) atoms. The molecule has 0 aliphatic rings. The van der Waals surface area contributed by atoms with Crippen LogP contribution in [-0.2, 0) is 30.8 Å². The summed E-state index contributed by atoms with van der Waals surface area (Å²) in [5, 5.41) is 20.5. The topological polar surface area (TPSA) is 129 Å². The van der Waals surface area contributed by atoms with E-state index in [1.807, 2.05) is 31.2 Å². The number of amides is 2. The van der Waals surface area contributed by atoms with Crippen molar-refractivity contribution in [2.75, 3.05) is 5.32 Å². The molecule has 1 atom stereocenters. The van der Waals surface area contributed by atoms with Gasteiger partial charge >= 0.3 is 6.36 Å². The number of hydrogen-bond donors (Lipinski definition) is 2. The molecule has 216 valence electrons. The van der Waals surface area contributed by atoms with E-state index in [9.17, 15) is 27.2 Å². The molecule has 0 radical (unpaired) electrons. The predicted molar refractivity (Wildman–Crippen MR) is 137 cm³/mol. The highest BCUT2D eigenvalue weighted by molar-refractivity contribution is 5.92. The number of aryl methyl sites for hydroxylation is 2. The number of nitrogens with one attached hydrogen (secondary N) is 2. The third kappa shape index (κ3) is 9.40. The molecule has 4 aromatic rings. The van der Waals surface area contributed by atoms with Gasteiger partial charge in [0.05, 0.1) is 25.4 Å². The molecular weight excluding hydrogens is 548 g/mol. The van der Waals surface area contributed by atoms with Gasteiger partial charge in [-0.1, -0.05) is 52.4 Å². The minimum atomic E-state index is -4.84. The number of aromatic nitrogens is 6. The Hall–Kier alpha value is -4.82. The van der Waals surface area contributed by atoms with Gasteiger partial charge in [-0.3, -0.25) is 14.3 Å². The van der Waals surface area contributed by atoms with E-state index in [2.05, 4.69) is 36.0 Å². The van der Waals surface area contributed by atoms with Gasteiger partial charge in [0.1, 0.15) is 11.9 Å². The lowest BCUT2D eigenvalue weighted by Gasteiger charge is -2.09. The highest BCUT2D eigenvalue weighted by atomic mass is 19.4. The number of ether oxygens (including phenoxy) is 1. The molecule has 2 aromatic carbocycles.